The highest BCUT2D eigenvalue weighted by molar-refractivity contribution is 5.39. The van der Waals surface area contributed by atoms with Crippen LogP contribution in [0.5, 0.6) is 0 Å². The number of nitrogen functional groups attached to an aromatic ring is 1. The van der Waals surface area contributed by atoms with E-state index in [0.717, 1.165) is 37.4 Å². The van der Waals surface area contributed by atoms with Gasteiger partial charge in [-0.1, -0.05) is 12.1 Å². The van der Waals surface area contributed by atoms with E-state index >= 15 is 0 Å². The van der Waals surface area contributed by atoms with Crippen LogP contribution in [-0.4, -0.2) is 23.1 Å². The summed E-state index contributed by atoms with van der Waals surface area (Å²) in [4.78, 5) is 4.42. The van der Waals surface area contributed by atoms with Gasteiger partial charge in [0.1, 0.15) is 5.82 Å². The molecule has 18 heavy (non-hydrogen) atoms. The second-order valence-electron chi connectivity index (χ2n) is 4.41. The van der Waals surface area contributed by atoms with Crippen LogP contribution >= 0.6 is 0 Å². The average Bonchev–Trinajstić information content (AvgIpc) is 2.80. The maximum Gasteiger partial charge on any atom is 0.113 e. The van der Waals surface area contributed by atoms with Crippen molar-refractivity contribution in [3.8, 4) is 0 Å². The molecule has 1 aromatic heterocycles. The summed E-state index contributed by atoms with van der Waals surface area (Å²) in [6.07, 6.45) is 5.88. The fourth-order valence-corrected chi connectivity index (χ4v) is 1.96. The van der Waals surface area contributed by atoms with E-state index in [2.05, 4.69) is 27.0 Å². The van der Waals surface area contributed by atoms with Gasteiger partial charge in [0, 0.05) is 31.0 Å². The molecule has 96 valence electrons. The highest BCUT2D eigenvalue weighted by Gasteiger charge is 2.03. The van der Waals surface area contributed by atoms with Crippen molar-refractivity contribution in [1.29, 1.82) is 0 Å². The van der Waals surface area contributed by atoms with Crippen molar-refractivity contribution in [2.75, 3.05) is 19.3 Å². The number of hydrogen-bond acceptors (Lipinski definition) is 3. The summed E-state index contributed by atoms with van der Waals surface area (Å²) in [7, 11) is 1.98. The fraction of sp³-hybridized carbons (Fsp3) is 0.357. The molecule has 0 saturated carbocycles. The first-order chi connectivity index (χ1) is 8.79. The van der Waals surface area contributed by atoms with Crippen molar-refractivity contribution in [2.24, 2.45) is 0 Å². The predicted molar refractivity (Wildman–Crippen MR) is 74.4 cm³/mol. The predicted octanol–water partition coefficient (Wildman–Crippen LogP) is 1.67. The summed E-state index contributed by atoms with van der Waals surface area (Å²) < 4.78 is 2.22. The van der Waals surface area contributed by atoms with Crippen molar-refractivity contribution in [3.05, 3.63) is 48.0 Å². The first kappa shape index (κ1) is 12.6. The van der Waals surface area contributed by atoms with E-state index in [9.17, 15) is 0 Å². The Hall–Kier alpha value is -1.81. The van der Waals surface area contributed by atoms with E-state index in [1.54, 1.807) is 0 Å². The molecule has 2 rings (SSSR count). The lowest BCUT2D eigenvalue weighted by molar-refractivity contribution is 0.594. The molecule has 1 aromatic carbocycles. The zero-order chi connectivity index (χ0) is 12.8. The van der Waals surface area contributed by atoms with Crippen LogP contribution in [0.3, 0.4) is 0 Å². The van der Waals surface area contributed by atoms with Gasteiger partial charge in [-0.3, -0.25) is 0 Å². The number of hydrogen-bond donors (Lipinski definition) is 2. The van der Waals surface area contributed by atoms with Crippen LogP contribution in [0.4, 0.5) is 5.69 Å². The Morgan fingerprint density at radius 1 is 1.28 bits per heavy atom. The number of nitrogens with zero attached hydrogens (tertiary/aromatic N) is 2. The van der Waals surface area contributed by atoms with Crippen LogP contribution in [0.2, 0.25) is 0 Å². The molecule has 2 aromatic rings. The molecular weight excluding hydrogens is 224 g/mol. The quantitative estimate of drug-likeness (QED) is 0.600. The number of benzene rings is 1. The Labute approximate surface area is 108 Å². The second-order valence-corrected chi connectivity index (χ2v) is 4.41. The van der Waals surface area contributed by atoms with E-state index in [4.69, 9.17) is 5.73 Å². The van der Waals surface area contributed by atoms with E-state index in [1.165, 1.54) is 5.56 Å². The first-order valence-electron chi connectivity index (χ1n) is 6.28. The number of imidazole rings is 1. The molecule has 0 aliphatic heterocycles. The zero-order valence-electron chi connectivity index (χ0n) is 10.8. The molecule has 0 unspecified atom stereocenters. The molecule has 0 radical (unpaired) electrons. The van der Waals surface area contributed by atoms with Gasteiger partial charge < -0.3 is 15.6 Å². The van der Waals surface area contributed by atoms with E-state index < -0.39 is 0 Å². The number of aryl methyl sites for hydroxylation is 1. The summed E-state index contributed by atoms with van der Waals surface area (Å²) in [6.45, 7) is 2.03. The molecule has 0 atom stereocenters. The number of aromatic nitrogens is 2. The monoisotopic (exact) mass is 244 g/mol. The molecule has 0 aliphatic rings. The van der Waals surface area contributed by atoms with Crippen LogP contribution in [0.15, 0.2) is 36.7 Å². The third-order valence-electron chi connectivity index (χ3n) is 2.97. The standard InChI is InChI=1S/C14H20N4/c1-16-7-2-9-18-10-8-17-14(18)11-12-3-5-13(15)6-4-12/h3-6,8,10,16H,2,7,9,11,15H2,1H3. The SMILES string of the molecule is CNCCCn1ccnc1Cc1ccc(N)cc1. The maximum absolute atomic E-state index is 5.68. The molecule has 0 amide bonds. The van der Waals surface area contributed by atoms with Crippen molar-refractivity contribution in [1.82, 2.24) is 14.9 Å². The Balaban J connectivity index is 2.00. The minimum absolute atomic E-state index is 0.802. The minimum Gasteiger partial charge on any atom is -0.399 e. The molecule has 0 bridgehead atoms. The van der Waals surface area contributed by atoms with Crippen molar-refractivity contribution >= 4 is 5.69 Å². The number of nitrogens with two attached hydrogens (primary N) is 1. The average molecular weight is 244 g/mol. The third-order valence-corrected chi connectivity index (χ3v) is 2.97. The molecule has 4 nitrogen and oxygen atoms in total. The fourth-order valence-electron chi connectivity index (χ4n) is 1.96. The third kappa shape index (κ3) is 3.34. The van der Waals surface area contributed by atoms with Gasteiger partial charge in [0.25, 0.3) is 0 Å². The summed E-state index contributed by atoms with van der Waals surface area (Å²) in [6, 6.07) is 7.98. The number of nitrogens with one attached hydrogen (secondary N) is 1. The smallest absolute Gasteiger partial charge is 0.113 e. The first-order valence-corrected chi connectivity index (χ1v) is 6.28. The topological polar surface area (TPSA) is 55.9 Å². The van der Waals surface area contributed by atoms with Crippen LogP contribution in [-0.2, 0) is 13.0 Å². The zero-order valence-corrected chi connectivity index (χ0v) is 10.8. The van der Waals surface area contributed by atoms with E-state index in [-0.39, 0.29) is 0 Å². The molecular formula is C14H20N4. The number of rotatable bonds is 6. The Bertz CT molecular complexity index is 473. The summed E-state index contributed by atoms with van der Waals surface area (Å²) >= 11 is 0. The van der Waals surface area contributed by atoms with Gasteiger partial charge in [-0.25, -0.2) is 4.98 Å². The van der Waals surface area contributed by atoms with Crippen molar-refractivity contribution < 1.29 is 0 Å². The van der Waals surface area contributed by atoms with Crippen LogP contribution in [0, 0.1) is 0 Å². The van der Waals surface area contributed by atoms with Crippen molar-refractivity contribution in [3.63, 3.8) is 0 Å². The number of anilines is 1. The molecule has 3 N–H and O–H groups in total. The van der Waals surface area contributed by atoms with Crippen LogP contribution < -0.4 is 11.1 Å². The van der Waals surface area contributed by atoms with Gasteiger partial charge in [0.15, 0.2) is 0 Å². The van der Waals surface area contributed by atoms with E-state index in [1.807, 2.05) is 31.6 Å². The van der Waals surface area contributed by atoms with Crippen LogP contribution in [0.25, 0.3) is 0 Å². The summed E-state index contributed by atoms with van der Waals surface area (Å²) in [5.74, 6) is 1.11. The maximum atomic E-state index is 5.68. The largest absolute Gasteiger partial charge is 0.399 e. The highest BCUT2D eigenvalue weighted by Crippen LogP contribution is 2.11. The normalized spacial score (nSPS) is 10.7. The second kappa shape index (κ2) is 6.21. The van der Waals surface area contributed by atoms with Gasteiger partial charge in [0.2, 0.25) is 0 Å². The molecule has 0 saturated heterocycles. The summed E-state index contributed by atoms with van der Waals surface area (Å²) in [5.41, 5.74) is 7.73. The van der Waals surface area contributed by atoms with Gasteiger partial charge in [-0.2, -0.15) is 0 Å². The Morgan fingerprint density at radius 3 is 2.78 bits per heavy atom. The molecule has 0 spiro atoms. The van der Waals surface area contributed by atoms with Gasteiger partial charge >= 0.3 is 0 Å². The lowest BCUT2D eigenvalue weighted by Gasteiger charge is -2.08. The van der Waals surface area contributed by atoms with Crippen molar-refractivity contribution in [2.45, 2.75) is 19.4 Å². The molecule has 0 fully saturated rings. The lowest BCUT2D eigenvalue weighted by Crippen LogP contribution is -2.12. The van der Waals surface area contributed by atoms with Gasteiger partial charge in [-0.15, -0.1) is 0 Å². The lowest BCUT2D eigenvalue weighted by atomic mass is 10.1. The highest BCUT2D eigenvalue weighted by atomic mass is 15.1. The van der Waals surface area contributed by atoms with Crippen LogP contribution in [0.1, 0.15) is 17.8 Å². The van der Waals surface area contributed by atoms with E-state index in [0.29, 0.717) is 0 Å². The Kier molecular flexibility index (Phi) is 4.36. The summed E-state index contributed by atoms with van der Waals surface area (Å²) in [5, 5.41) is 3.16. The molecule has 1 heterocycles. The van der Waals surface area contributed by atoms with Gasteiger partial charge in [-0.05, 0) is 37.7 Å². The molecule has 0 aliphatic carbocycles. The van der Waals surface area contributed by atoms with Gasteiger partial charge in [0.05, 0.1) is 0 Å². The molecule has 4 heteroatoms. The Morgan fingerprint density at radius 2 is 2.06 bits per heavy atom. The minimum atomic E-state index is 0.802.